The van der Waals surface area contributed by atoms with Gasteiger partial charge in [0, 0.05) is 6.42 Å². The maximum Gasteiger partial charge on any atom is 0.159 e. The molecule has 0 spiro atoms. The third kappa shape index (κ3) is 2.21. The van der Waals surface area contributed by atoms with Gasteiger partial charge < -0.3 is 5.11 Å². The third-order valence-electron chi connectivity index (χ3n) is 7.40. The fourth-order valence-electron chi connectivity index (χ4n) is 5.78. The van der Waals surface area contributed by atoms with Crippen molar-refractivity contribution in [1.82, 2.24) is 0 Å². The number of ketones is 1. The number of aliphatic hydroxyl groups is 1. The fourth-order valence-corrected chi connectivity index (χ4v) is 5.78. The van der Waals surface area contributed by atoms with Crippen LogP contribution in [-0.2, 0) is 4.79 Å². The highest BCUT2D eigenvalue weighted by molar-refractivity contribution is 5.97. The molecule has 0 aromatic carbocycles. The molecule has 3 aliphatic rings. The molecule has 22 heavy (non-hydrogen) atoms. The molecule has 0 radical (unpaired) electrons. The van der Waals surface area contributed by atoms with Gasteiger partial charge >= 0.3 is 0 Å². The van der Waals surface area contributed by atoms with Gasteiger partial charge in [-0.1, -0.05) is 41.0 Å². The standard InChI is InChI=1S/C20H32O2/c1-13(2)20(22)10-7-15-14(12-20)16(21)11-17-18(3,4)8-6-9-19(15,17)5/h12-13,15,17,22H,6-11H2,1-5H3/t15-,17-,19+,20+/m0/s1. The number of carbonyl (C=O) groups is 1. The van der Waals surface area contributed by atoms with Crippen molar-refractivity contribution in [1.29, 1.82) is 0 Å². The van der Waals surface area contributed by atoms with Crippen molar-refractivity contribution in [2.75, 3.05) is 0 Å². The molecule has 2 saturated carbocycles. The first kappa shape index (κ1) is 16.2. The first-order valence-corrected chi connectivity index (χ1v) is 9.08. The van der Waals surface area contributed by atoms with Crippen LogP contribution >= 0.6 is 0 Å². The van der Waals surface area contributed by atoms with Gasteiger partial charge in [-0.25, -0.2) is 0 Å². The van der Waals surface area contributed by atoms with Crippen LogP contribution in [0, 0.1) is 28.6 Å². The van der Waals surface area contributed by atoms with Crippen LogP contribution in [0.4, 0.5) is 0 Å². The van der Waals surface area contributed by atoms with Crippen LogP contribution in [0.2, 0.25) is 0 Å². The molecule has 124 valence electrons. The van der Waals surface area contributed by atoms with Gasteiger partial charge in [-0.05, 0) is 65.9 Å². The van der Waals surface area contributed by atoms with E-state index in [4.69, 9.17) is 0 Å². The Morgan fingerprint density at radius 3 is 2.50 bits per heavy atom. The predicted octanol–water partition coefficient (Wildman–Crippen LogP) is 4.52. The molecule has 0 bridgehead atoms. The van der Waals surface area contributed by atoms with E-state index in [1.54, 1.807) is 0 Å². The number of rotatable bonds is 1. The maximum atomic E-state index is 12.8. The van der Waals surface area contributed by atoms with Crippen molar-refractivity contribution in [2.45, 2.75) is 78.7 Å². The zero-order chi connectivity index (χ0) is 16.3. The lowest BCUT2D eigenvalue weighted by Gasteiger charge is -2.59. The van der Waals surface area contributed by atoms with E-state index < -0.39 is 5.60 Å². The van der Waals surface area contributed by atoms with Gasteiger partial charge in [0.05, 0.1) is 5.60 Å². The first-order valence-electron chi connectivity index (χ1n) is 9.08. The molecule has 0 aliphatic heterocycles. The van der Waals surface area contributed by atoms with E-state index in [9.17, 15) is 9.90 Å². The summed E-state index contributed by atoms with van der Waals surface area (Å²) in [6.07, 6.45) is 8.15. The normalized spacial score (nSPS) is 44.3. The number of fused-ring (bicyclic) bond motifs is 3. The molecule has 0 saturated heterocycles. The summed E-state index contributed by atoms with van der Waals surface area (Å²) in [4.78, 5) is 12.8. The Balaban J connectivity index is 2.03. The number of hydrogen-bond acceptors (Lipinski definition) is 2. The summed E-state index contributed by atoms with van der Waals surface area (Å²) in [6, 6.07) is 0. The molecule has 2 heteroatoms. The zero-order valence-electron chi connectivity index (χ0n) is 14.9. The second kappa shape index (κ2) is 4.93. The van der Waals surface area contributed by atoms with Crippen LogP contribution in [0.5, 0.6) is 0 Å². The SMILES string of the molecule is CC(C)[C@]1(O)C=C2C(=O)C[C@H]3C(C)(C)CCC[C@]3(C)[C@H]2CC1. The zero-order valence-corrected chi connectivity index (χ0v) is 14.9. The fraction of sp³-hybridized carbons (Fsp3) is 0.850. The highest BCUT2D eigenvalue weighted by atomic mass is 16.3. The van der Waals surface area contributed by atoms with E-state index in [2.05, 4.69) is 34.6 Å². The number of allylic oxidation sites excluding steroid dienone is 1. The summed E-state index contributed by atoms with van der Waals surface area (Å²) >= 11 is 0. The molecular formula is C20H32O2. The van der Waals surface area contributed by atoms with Gasteiger partial charge in [0.15, 0.2) is 5.78 Å². The molecule has 1 N–H and O–H groups in total. The van der Waals surface area contributed by atoms with E-state index in [-0.39, 0.29) is 16.7 Å². The average Bonchev–Trinajstić information content (AvgIpc) is 2.41. The largest absolute Gasteiger partial charge is 0.386 e. The molecule has 4 atom stereocenters. The lowest BCUT2D eigenvalue weighted by Crippen LogP contribution is -2.54. The minimum atomic E-state index is -0.783. The van der Waals surface area contributed by atoms with Gasteiger partial charge in [-0.15, -0.1) is 0 Å². The molecule has 0 unspecified atom stereocenters. The van der Waals surface area contributed by atoms with Crippen LogP contribution in [0.25, 0.3) is 0 Å². The van der Waals surface area contributed by atoms with Gasteiger partial charge in [0.25, 0.3) is 0 Å². The Morgan fingerprint density at radius 2 is 1.86 bits per heavy atom. The maximum absolute atomic E-state index is 12.8. The lowest BCUT2D eigenvalue weighted by molar-refractivity contribution is -0.132. The average molecular weight is 304 g/mol. The monoisotopic (exact) mass is 304 g/mol. The second-order valence-corrected chi connectivity index (χ2v) is 9.36. The molecule has 0 aromatic rings. The molecule has 0 aromatic heterocycles. The van der Waals surface area contributed by atoms with Crippen LogP contribution < -0.4 is 0 Å². The van der Waals surface area contributed by atoms with Gasteiger partial charge in [-0.2, -0.15) is 0 Å². The molecule has 0 heterocycles. The Kier molecular flexibility index (Phi) is 3.64. The van der Waals surface area contributed by atoms with Crippen LogP contribution in [0.3, 0.4) is 0 Å². The molecular weight excluding hydrogens is 272 g/mol. The smallest absolute Gasteiger partial charge is 0.159 e. The van der Waals surface area contributed by atoms with E-state index in [0.717, 1.165) is 18.4 Å². The second-order valence-electron chi connectivity index (χ2n) is 9.36. The molecule has 2 nitrogen and oxygen atoms in total. The van der Waals surface area contributed by atoms with Crippen LogP contribution in [-0.4, -0.2) is 16.5 Å². The number of hydrogen-bond donors (Lipinski definition) is 1. The van der Waals surface area contributed by atoms with E-state index in [1.807, 2.05) is 6.08 Å². The van der Waals surface area contributed by atoms with Crippen molar-refractivity contribution in [3.63, 3.8) is 0 Å². The van der Waals surface area contributed by atoms with Crippen molar-refractivity contribution in [3.05, 3.63) is 11.6 Å². The van der Waals surface area contributed by atoms with Crippen molar-refractivity contribution >= 4 is 5.78 Å². The summed E-state index contributed by atoms with van der Waals surface area (Å²) in [5.41, 5.74) is 0.674. The first-order chi connectivity index (χ1) is 10.1. The van der Waals surface area contributed by atoms with Crippen molar-refractivity contribution in [3.8, 4) is 0 Å². The minimum Gasteiger partial charge on any atom is -0.386 e. The highest BCUT2D eigenvalue weighted by Gasteiger charge is 2.57. The number of carbonyl (C=O) groups excluding carboxylic acids is 1. The van der Waals surface area contributed by atoms with E-state index >= 15 is 0 Å². The summed E-state index contributed by atoms with van der Waals surface area (Å²) < 4.78 is 0. The summed E-state index contributed by atoms with van der Waals surface area (Å²) in [7, 11) is 0. The number of Topliss-reactive ketones (excluding diaryl/α,β-unsaturated/α-hetero) is 1. The van der Waals surface area contributed by atoms with Gasteiger partial charge in [-0.3, -0.25) is 4.79 Å². The molecule has 2 fully saturated rings. The Morgan fingerprint density at radius 1 is 1.18 bits per heavy atom. The van der Waals surface area contributed by atoms with Crippen LogP contribution in [0.1, 0.15) is 73.1 Å². The Labute approximate surface area is 135 Å². The van der Waals surface area contributed by atoms with Crippen molar-refractivity contribution < 1.29 is 9.90 Å². The van der Waals surface area contributed by atoms with Gasteiger partial charge in [0.2, 0.25) is 0 Å². The summed E-state index contributed by atoms with van der Waals surface area (Å²) in [5.74, 6) is 1.33. The van der Waals surface area contributed by atoms with Crippen LogP contribution in [0.15, 0.2) is 11.6 Å². The van der Waals surface area contributed by atoms with Crippen molar-refractivity contribution in [2.24, 2.45) is 28.6 Å². The van der Waals surface area contributed by atoms with E-state index in [0.29, 0.717) is 24.0 Å². The minimum absolute atomic E-state index is 0.169. The topological polar surface area (TPSA) is 37.3 Å². The molecule has 0 amide bonds. The Hall–Kier alpha value is -0.630. The molecule has 3 aliphatic carbocycles. The highest BCUT2D eigenvalue weighted by Crippen LogP contribution is 2.62. The lowest BCUT2D eigenvalue weighted by atomic mass is 9.45. The quantitative estimate of drug-likeness (QED) is 0.773. The Bertz CT molecular complexity index is 516. The summed E-state index contributed by atoms with van der Waals surface area (Å²) in [5, 5.41) is 10.9. The predicted molar refractivity (Wildman–Crippen MR) is 89.4 cm³/mol. The van der Waals surface area contributed by atoms with E-state index in [1.165, 1.54) is 19.3 Å². The molecule has 3 rings (SSSR count). The van der Waals surface area contributed by atoms with Gasteiger partial charge in [0.1, 0.15) is 0 Å². The summed E-state index contributed by atoms with van der Waals surface area (Å²) in [6.45, 7) is 11.2. The third-order valence-corrected chi connectivity index (χ3v) is 7.40.